The molecule has 0 saturated heterocycles. The number of aliphatic imine (C=N–C) groups is 1. The summed E-state index contributed by atoms with van der Waals surface area (Å²) in [6.45, 7) is 0. The molecule has 4 heteroatoms. The molecule has 0 aromatic carbocycles. The van der Waals surface area contributed by atoms with Gasteiger partial charge in [0.2, 0.25) is 0 Å². The highest BCUT2D eigenvalue weighted by Gasteiger charge is 2.25. The summed E-state index contributed by atoms with van der Waals surface area (Å²) in [5, 5.41) is 10.8. The molecule has 14 heavy (non-hydrogen) atoms. The van der Waals surface area contributed by atoms with Crippen molar-refractivity contribution in [1.82, 2.24) is 0 Å². The number of carbonyl (C=O) groups excluding carboxylic acids is 1. The van der Waals surface area contributed by atoms with Crippen LogP contribution in [0, 0.1) is 17.2 Å². The average Bonchev–Trinajstić information content (AvgIpc) is 2.70. The van der Waals surface area contributed by atoms with Crippen molar-refractivity contribution in [3.05, 3.63) is 28.5 Å². The van der Waals surface area contributed by atoms with Gasteiger partial charge in [0.15, 0.2) is 5.92 Å². The number of hydrogen-bond donors (Lipinski definition) is 0. The van der Waals surface area contributed by atoms with E-state index >= 15 is 0 Å². The van der Waals surface area contributed by atoms with Gasteiger partial charge in [0.1, 0.15) is 0 Å². The lowest BCUT2D eigenvalue weighted by atomic mass is 9.96. The van der Waals surface area contributed by atoms with Crippen LogP contribution >= 0.6 is 11.3 Å². The summed E-state index contributed by atoms with van der Waals surface area (Å²) in [6, 6.07) is 5.76. The quantitative estimate of drug-likeness (QED) is 0.698. The zero-order valence-electron chi connectivity index (χ0n) is 7.18. The largest absolute Gasteiger partial charge is 0.271 e. The van der Waals surface area contributed by atoms with Crippen LogP contribution < -0.4 is 0 Å². The average molecular weight is 202 g/mol. The first-order valence-corrected chi connectivity index (χ1v) is 4.92. The van der Waals surface area contributed by atoms with E-state index in [9.17, 15) is 4.79 Å². The number of nitriles is 1. The van der Waals surface area contributed by atoms with Gasteiger partial charge in [-0.25, -0.2) is 4.99 Å². The molecular weight excluding hydrogens is 196 g/mol. The van der Waals surface area contributed by atoms with Crippen LogP contribution in [0.1, 0.15) is 4.88 Å². The molecule has 0 N–H and O–H groups in total. The molecule has 1 atom stereocenters. The van der Waals surface area contributed by atoms with Crippen LogP contribution in [-0.4, -0.2) is 12.1 Å². The molecule has 2 rings (SSSR count). The fourth-order valence-electron chi connectivity index (χ4n) is 1.29. The predicted molar refractivity (Wildman–Crippen MR) is 54.9 cm³/mol. The molecule has 68 valence electrons. The number of hydrogen-bond acceptors (Lipinski definition) is 3. The van der Waals surface area contributed by atoms with Crippen LogP contribution in [0.4, 0.5) is 0 Å². The molecule has 0 aliphatic carbocycles. The van der Waals surface area contributed by atoms with Crippen LogP contribution in [0.2, 0.25) is 0 Å². The highest BCUT2D eigenvalue weighted by Crippen LogP contribution is 2.29. The van der Waals surface area contributed by atoms with Gasteiger partial charge in [-0.15, -0.1) is 11.3 Å². The molecule has 3 nitrogen and oxygen atoms in total. The number of allylic oxidation sites excluding steroid dienone is 1. The second-order valence-corrected chi connectivity index (χ2v) is 3.73. The number of rotatable bonds is 1. The first-order valence-electron chi connectivity index (χ1n) is 4.04. The maximum absolute atomic E-state index is 11.3. The van der Waals surface area contributed by atoms with E-state index in [0.29, 0.717) is 0 Å². The minimum absolute atomic E-state index is 0.376. The normalized spacial score (nSPS) is 20.4. The molecule has 0 fully saturated rings. The molecule has 0 spiro atoms. The van der Waals surface area contributed by atoms with Gasteiger partial charge in [-0.3, -0.25) is 4.79 Å². The number of dihydropyridines is 1. The Hall–Kier alpha value is -1.73. The molecular formula is C10H6N2OS. The molecule has 1 aromatic rings. The lowest BCUT2D eigenvalue weighted by molar-refractivity contribution is -0.118. The lowest BCUT2D eigenvalue weighted by Gasteiger charge is -2.10. The zero-order chi connectivity index (χ0) is 9.97. The lowest BCUT2D eigenvalue weighted by Crippen LogP contribution is -2.15. The van der Waals surface area contributed by atoms with E-state index in [-0.39, 0.29) is 5.91 Å². The summed E-state index contributed by atoms with van der Waals surface area (Å²) in [5.41, 5.74) is 0.752. The molecule has 0 bridgehead atoms. The second kappa shape index (κ2) is 3.56. The highest BCUT2D eigenvalue weighted by atomic mass is 32.1. The van der Waals surface area contributed by atoms with Gasteiger partial charge in [-0.2, -0.15) is 5.26 Å². The Morgan fingerprint density at radius 3 is 3.07 bits per heavy atom. The van der Waals surface area contributed by atoms with Crippen molar-refractivity contribution < 1.29 is 4.79 Å². The van der Waals surface area contributed by atoms with Crippen molar-refractivity contribution in [3.8, 4) is 6.07 Å². The minimum atomic E-state index is -0.737. The fraction of sp³-hybridized carbons (Fsp3) is 0.100. The summed E-state index contributed by atoms with van der Waals surface area (Å²) in [4.78, 5) is 15.8. The maximum Gasteiger partial charge on any atom is 0.267 e. The van der Waals surface area contributed by atoms with Crippen molar-refractivity contribution in [1.29, 1.82) is 5.26 Å². The van der Waals surface area contributed by atoms with Crippen LogP contribution in [0.25, 0.3) is 5.57 Å². The molecule has 0 saturated carbocycles. The van der Waals surface area contributed by atoms with E-state index < -0.39 is 5.92 Å². The first kappa shape index (κ1) is 8.85. The Balaban J connectivity index is 2.44. The predicted octanol–water partition coefficient (Wildman–Crippen LogP) is 1.88. The highest BCUT2D eigenvalue weighted by molar-refractivity contribution is 7.11. The first-order chi connectivity index (χ1) is 6.83. The zero-order valence-corrected chi connectivity index (χ0v) is 7.99. The smallest absolute Gasteiger partial charge is 0.267 e. The van der Waals surface area contributed by atoms with E-state index in [2.05, 4.69) is 4.99 Å². The van der Waals surface area contributed by atoms with E-state index in [1.165, 1.54) is 17.6 Å². The van der Waals surface area contributed by atoms with Gasteiger partial charge in [-0.05, 0) is 23.1 Å². The Labute approximate surface area is 85.0 Å². The van der Waals surface area contributed by atoms with Gasteiger partial charge in [0.25, 0.3) is 5.91 Å². The third-order valence-corrected chi connectivity index (χ3v) is 2.87. The SMILES string of the molecule is N#CC1C(=O)N=CC=C1c1cccs1. The van der Waals surface area contributed by atoms with Crippen LogP contribution in [0.5, 0.6) is 0 Å². The Bertz CT molecular complexity index is 451. The second-order valence-electron chi connectivity index (χ2n) is 2.78. The number of amides is 1. The van der Waals surface area contributed by atoms with E-state index in [1.807, 2.05) is 23.6 Å². The third-order valence-electron chi connectivity index (χ3n) is 1.95. The van der Waals surface area contributed by atoms with Crippen LogP contribution in [-0.2, 0) is 4.79 Å². The van der Waals surface area contributed by atoms with Gasteiger partial charge in [0.05, 0.1) is 6.07 Å². The Morgan fingerprint density at radius 1 is 1.57 bits per heavy atom. The molecule has 1 amide bonds. The fourth-order valence-corrected chi connectivity index (χ4v) is 2.07. The summed E-state index contributed by atoms with van der Waals surface area (Å²) >= 11 is 1.52. The molecule has 1 aliphatic rings. The number of nitrogens with zero attached hydrogens (tertiary/aromatic N) is 2. The maximum atomic E-state index is 11.3. The van der Waals surface area contributed by atoms with Gasteiger partial charge in [-0.1, -0.05) is 6.07 Å². The monoisotopic (exact) mass is 202 g/mol. The summed E-state index contributed by atoms with van der Waals surface area (Å²) in [5.74, 6) is -1.11. The molecule has 0 radical (unpaired) electrons. The standard InChI is InChI=1S/C10H6N2OS/c11-6-8-7(3-4-12-10(8)13)9-2-1-5-14-9/h1-5,8H. The summed E-state index contributed by atoms with van der Waals surface area (Å²) in [6.07, 6.45) is 3.17. The van der Waals surface area contributed by atoms with Gasteiger partial charge in [0, 0.05) is 11.1 Å². The van der Waals surface area contributed by atoms with E-state index in [4.69, 9.17) is 5.26 Å². The van der Waals surface area contributed by atoms with Crippen molar-refractivity contribution in [2.45, 2.75) is 0 Å². The Kier molecular flexibility index (Phi) is 2.25. The van der Waals surface area contributed by atoms with Crippen molar-refractivity contribution >= 4 is 29.0 Å². The van der Waals surface area contributed by atoms with Crippen LogP contribution in [0.15, 0.2) is 28.6 Å². The van der Waals surface area contributed by atoms with Gasteiger partial charge >= 0.3 is 0 Å². The van der Waals surface area contributed by atoms with E-state index in [1.54, 1.807) is 6.08 Å². The summed E-state index contributed by atoms with van der Waals surface area (Å²) in [7, 11) is 0. The molecule has 1 unspecified atom stereocenters. The van der Waals surface area contributed by atoms with Crippen LogP contribution in [0.3, 0.4) is 0 Å². The molecule has 1 aromatic heterocycles. The van der Waals surface area contributed by atoms with E-state index in [0.717, 1.165) is 10.5 Å². The summed E-state index contributed by atoms with van der Waals surface area (Å²) < 4.78 is 0. The Morgan fingerprint density at radius 2 is 2.43 bits per heavy atom. The molecule has 2 heterocycles. The third kappa shape index (κ3) is 1.38. The topological polar surface area (TPSA) is 53.2 Å². The van der Waals surface area contributed by atoms with Crippen molar-refractivity contribution in [2.24, 2.45) is 10.9 Å². The van der Waals surface area contributed by atoms with Gasteiger partial charge < -0.3 is 0 Å². The number of carbonyl (C=O) groups is 1. The molecule has 1 aliphatic heterocycles. The van der Waals surface area contributed by atoms with Crippen molar-refractivity contribution in [2.75, 3.05) is 0 Å². The number of thiophene rings is 1. The minimum Gasteiger partial charge on any atom is -0.271 e. The van der Waals surface area contributed by atoms with Crippen molar-refractivity contribution in [3.63, 3.8) is 0 Å².